The molecule has 3 rings (SSSR count). The Balaban J connectivity index is 2.10. The van der Waals surface area contributed by atoms with Crippen molar-refractivity contribution in [2.45, 2.75) is 0 Å². The van der Waals surface area contributed by atoms with Gasteiger partial charge in [-0.3, -0.25) is 0 Å². The number of nitrogens with one attached hydrogen (secondary N) is 1. The van der Waals surface area contributed by atoms with E-state index in [0.717, 1.165) is 21.1 Å². The summed E-state index contributed by atoms with van der Waals surface area (Å²) in [5.74, 6) is 0.669. The summed E-state index contributed by atoms with van der Waals surface area (Å²) < 4.78 is 0.933. The number of aromatic nitrogens is 2. The first kappa shape index (κ1) is 13.1. The van der Waals surface area contributed by atoms with Crippen LogP contribution in [0, 0.1) is 0 Å². The molecule has 1 aromatic heterocycles. The maximum Gasteiger partial charge on any atom is 0.141 e. The molecule has 100 valence electrons. The second kappa shape index (κ2) is 5.26. The number of fused-ring (bicyclic) bond motifs is 1. The Bertz CT molecular complexity index is 791. The van der Waals surface area contributed by atoms with Gasteiger partial charge in [-0.25, -0.2) is 9.97 Å². The highest BCUT2D eigenvalue weighted by atomic mass is 79.9. The minimum absolute atomic E-state index is 0.615. The van der Waals surface area contributed by atoms with Gasteiger partial charge >= 0.3 is 0 Å². The topological polar surface area (TPSA) is 63.8 Å². The van der Waals surface area contributed by atoms with Crippen molar-refractivity contribution in [2.75, 3.05) is 11.1 Å². The lowest BCUT2D eigenvalue weighted by molar-refractivity contribution is 1.22. The maximum atomic E-state index is 6.18. The zero-order chi connectivity index (χ0) is 14.1. The Labute approximate surface area is 129 Å². The van der Waals surface area contributed by atoms with Crippen molar-refractivity contribution < 1.29 is 0 Å². The number of nitrogens with two attached hydrogens (primary N) is 1. The molecule has 2 aromatic carbocycles. The van der Waals surface area contributed by atoms with Crippen LogP contribution in [0.2, 0.25) is 5.02 Å². The molecular weight excluding hydrogens is 340 g/mol. The lowest BCUT2D eigenvalue weighted by atomic mass is 10.2. The zero-order valence-corrected chi connectivity index (χ0v) is 12.6. The van der Waals surface area contributed by atoms with E-state index in [2.05, 4.69) is 31.2 Å². The average molecular weight is 350 g/mol. The molecule has 3 aromatic rings. The quantitative estimate of drug-likeness (QED) is 0.674. The van der Waals surface area contributed by atoms with Crippen LogP contribution < -0.4 is 11.1 Å². The third-order valence-electron chi connectivity index (χ3n) is 2.84. The smallest absolute Gasteiger partial charge is 0.141 e. The number of halogens is 2. The standard InChI is InChI=1S/C14H10BrClN4/c15-8-1-3-11(16)13(5-8)20-14-10-6-9(17)2-4-12(10)18-7-19-14/h1-7H,17H2,(H,18,19,20). The Kier molecular flexibility index (Phi) is 3.46. The van der Waals surface area contributed by atoms with Gasteiger partial charge in [0.2, 0.25) is 0 Å². The summed E-state index contributed by atoms with van der Waals surface area (Å²) in [7, 11) is 0. The molecule has 6 heteroatoms. The predicted octanol–water partition coefficient (Wildman–Crippen LogP) is 4.37. The Morgan fingerprint density at radius 3 is 2.80 bits per heavy atom. The molecule has 0 saturated carbocycles. The molecule has 4 nitrogen and oxygen atoms in total. The zero-order valence-electron chi connectivity index (χ0n) is 10.3. The van der Waals surface area contributed by atoms with Gasteiger partial charge in [-0.2, -0.15) is 0 Å². The van der Waals surface area contributed by atoms with E-state index in [4.69, 9.17) is 17.3 Å². The van der Waals surface area contributed by atoms with Crippen LogP contribution in [0.15, 0.2) is 47.2 Å². The van der Waals surface area contributed by atoms with Crippen molar-refractivity contribution in [3.8, 4) is 0 Å². The van der Waals surface area contributed by atoms with Crippen molar-refractivity contribution in [1.82, 2.24) is 9.97 Å². The molecule has 0 unspecified atom stereocenters. The van der Waals surface area contributed by atoms with Crippen molar-refractivity contribution in [3.05, 3.63) is 52.2 Å². The van der Waals surface area contributed by atoms with Gasteiger partial charge in [0.1, 0.15) is 12.1 Å². The van der Waals surface area contributed by atoms with Gasteiger partial charge in [-0.1, -0.05) is 27.5 Å². The molecule has 0 aliphatic heterocycles. The highest BCUT2D eigenvalue weighted by Gasteiger charge is 2.07. The maximum absolute atomic E-state index is 6.18. The van der Waals surface area contributed by atoms with Crippen LogP contribution in [0.25, 0.3) is 10.9 Å². The van der Waals surface area contributed by atoms with Gasteiger partial charge < -0.3 is 11.1 Å². The molecule has 20 heavy (non-hydrogen) atoms. The lowest BCUT2D eigenvalue weighted by Gasteiger charge is -2.10. The van der Waals surface area contributed by atoms with Gasteiger partial charge in [0.05, 0.1) is 16.2 Å². The third-order valence-corrected chi connectivity index (χ3v) is 3.66. The van der Waals surface area contributed by atoms with Crippen LogP contribution in [0.3, 0.4) is 0 Å². The predicted molar refractivity (Wildman–Crippen MR) is 86.4 cm³/mol. The van der Waals surface area contributed by atoms with Crippen molar-refractivity contribution in [1.29, 1.82) is 0 Å². The minimum atomic E-state index is 0.615. The SMILES string of the molecule is Nc1ccc2ncnc(Nc3cc(Br)ccc3Cl)c2c1. The molecule has 0 radical (unpaired) electrons. The highest BCUT2D eigenvalue weighted by molar-refractivity contribution is 9.10. The minimum Gasteiger partial charge on any atom is -0.399 e. The summed E-state index contributed by atoms with van der Waals surface area (Å²) in [6.45, 7) is 0. The summed E-state index contributed by atoms with van der Waals surface area (Å²) in [6.07, 6.45) is 1.51. The van der Waals surface area contributed by atoms with E-state index in [0.29, 0.717) is 16.5 Å². The first-order valence-electron chi connectivity index (χ1n) is 5.86. The Hall–Kier alpha value is -1.85. The van der Waals surface area contributed by atoms with Crippen molar-refractivity contribution >= 4 is 55.6 Å². The summed E-state index contributed by atoms with van der Waals surface area (Å²) in [5, 5.41) is 4.68. The molecule has 0 saturated heterocycles. The van der Waals surface area contributed by atoms with Crippen LogP contribution in [0.5, 0.6) is 0 Å². The molecule has 0 atom stereocenters. The third kappa shape index (κ3) is 2.55. The largest absolute Gasteiger partial charge is 0.399 e. The highest BCUT2D eigenvalue weighted by Crippen LogP contribution is 2.30. The lowest BCUT2D eigenvalue weighted by Crippen LogP contribution is -1.97. The summed E-state index contributed by atoms with van der Waals surface area (Å²) in [5.41, 5.74) is 8.08. The molecule has 0 amide bonds. The summed E-state index contributed by atoms with van der Waals surface area (Å²) in [4.78, 5) is 8.48. The van der Waals surface area contributed by atoms with Crippen molar-refractivity contribution in [3.63, 3.8) is 0 Å². The molecule has 1 heterocycles. The van der Waals surface area contributed by atoms with E-state index in [1.165, 1.54) is 6.33 Å². The van der Waals surface area contributed by atoms with E-state index < -0.39 is 0 Å². The Morgan fingerprint density at radius 2 is 1.95 bits per heavy atom. The number of rotatable bonds is 2. The van der Waals surface area contributed by atoms with E-state index in [-0.39, 0.29) is 0 Å². The number of hydrogen-bond donors (Lipinski definition) is 2. The van der Waals surface area contributed by atoms with E-state index in [1.807, 2.05) is 36.4 Å². The molecule has 0 spiro atoms. The molecule has 0 bridgehead atoms. The number of nitrogen functional groups attached to an aromatic ring is 1. The fourth-order valence-corrected chi connectivity index (χ4v) is 2.42. The van der Waals surface area contributed by atoms with Gasteiger partial charge in [0.15, 0.2) is 0 Å². The number of nitrogens with zero attached hydrogens (tertiary/aromatic N) is 2. The molecule has 0 fully saturated rings. The fraction of sp³-hybridized carbons (Fsp3) is 0. The average Bonchev–Trinajstić information content (AvgIpc) is 2.43. The molecule has 0 aliphatic carbocycles. The monoisotopic (exact) mass is 348 g/mol. The van der Waals surface area contributed by atoms with Crippen LogP contribution in [-0.4, -0.2) is 9.97 Å². The van der Waals surface area contributed by atoms with Crippen LogP contribution in [-0.2, 0) is 0 Å². The van der Waals surface area contributed by atoms with Crippen LogP contribution >= 0.6 is 27.5 Å². The second-order valence-corrected chi connectivity index (χ2v) is 5.57. The van der Waals surface area contributed by atoms with Crippen molar-refractivity contribution in [2.24, 2.45) is 0 Å². The molecule has 0 aliphatic rings. The molecule has 3 N–H and O–H groups in total. The van der Waals surface area contributed by atoms with Gasteiger partial charge in [-0.15, -0.1) is 0 Å². The van der Waals surface area contributed by atoms with Crippen LogP contribution in [0.1, 0.15) is 0 Å². The number of benzene rings is 2. The summed E-state index contributed by atoms with van der Waals surface area (Å²) >= 11 is 9.60. The van der Waals surface area contributed by atoms with Gasteiger partial charge in [0, 0.05) is 15.5 Å². The number of hydrogen-bond acceptors (Lipinski definition) is 4. The van der Waals surface area contributed by atoms with Gasteiger partial charge in [0.25, 0.3) is 0 Å². The first-order valence-corrected chi connectivity index (χ1v) is 7.03. The molecular formula is C14H10BrClN4. The van der Waals surface area contributed by atoms with Crippen LogP contribution in [0.4, 0.5) is 17.2 Å². The second-order valence-electron chi connectivity index (χ2n) is 4.25. The number of anilines is 3. The van der Waals surface area contributed by atoms with Gasteiger partial charge in [-0.05, 0) is 36.4 Å². The Morgan fingerprint density at radius 1 is 1.10 bits per heavy atom. The summed E-state index contributed by atoms with van der Waals surface area (Å²) in [6, 6.07) is 11.1. The van der Waals surface area contributed by atoms with E-state index >= 15 is 0 Å². The normalized spacial score (nSPS) is 10.7. The fourth-order valence-electron chi connectivity index (χ4n) is 1.89. The first-order chi connectivity index (χ1) is 9.63. The van der Waals surface area contributed by atoms with E-state index in [1.54, 1.807) is 0 Å². The van der Waals surface area contributed by atoms with E-state index in [9.17, 15) is 0 Å².